The molecule has 0 fully saturated rings. The van der Waals surface area contributed by atoms with Gasteiger partial charge in [0.15, 0.2) is 0 Å². The summed E-state index contributed by atoms with van der Waals surface area (Å²) in [7, 11) is 4.08. The maximum atomic E-state index is 8.73. The van der Waals surface area contributed by atoms with Crippen LogP contribution in [0.1, 0.15) is 0 Å². The second-order valence-corrected chi connectivity index (χ2v) is 3.16. The number of nitrogens with zero attached hydrogens (tertiary/aromatic N) is 2. The summed E-state index contributed by atoms with van der Waals surface area (Å²) in [6.07, 6.45) is 0. The maximum Gasteiger partial charge on any atom is 0.0558 e. The van der Waals surface area contributed by atoms with Crippen molar-refractivity contribution >= 4 is 0 Å². The first-order chi connectivity index (χ1) is 5.70. The van der Waals surface area contributed by atoms with E-state index in [9.17, 15) is 0 Å². The van der Waals surface area contributed by atoms with Gasteiger partial charge in [0.25, 0.3) is 0 Å². The van der Waals surface area contributed by atoms with Gasteiger partial charge in [-0.2, -0.15) is 0 Å². The minimum Gasteiger partial charge on any atom is -0.395 e. The Hall–Kier alpha value is -0.160. The second-order valence-electron chi connectivity index (χ2n) is 3.16. The van der Waals surface area contributed by atoms with Gasteiger partial charge < -0.3 is 15.7 Å². The summed E-state index contributed by atoms with van der Waals surface area (Å²) >= 11 is 0. The van der Waals surface area contributed by atoms with Crippen LogP contribution in [0.25, 0.3) is 0 Å². The molecule has 0 heterocycles. The first-order valence-corrected chi connectivity index (χ1v) is 4.38. The average Bonchev–Trinajstić information content (AvgIpc) is 2.01. The fourth-order valence-corrected chi connectivity index (χ4v) is 1.00. The fraction of sp³-hybridized carbons (Fsp3) is 1.00. The van der Waals surface area contributed by atoms with E-state index in [1.807, 2.05) is 14.1 Å². The first-order valence-electron chi connectivity index (χ1n) is 4.38. The molecule has 0 atom stereocenters. The molecular weight excluding hydrogens is 154 g/mol. The van der Waals surface area contributed by atoms with Crippen LogP contribution in [0.4, 0.5) is 0 Å². The van der Waals surface area contributed by atoms with E-state index in [0.717, 1.165) is 26.2 Å². The number of likely N-dealkylation sites (N-methyl/N-ethyl adjacent to an activating group) is 1. The van der Waals surface area contributed by atoms with Crippen LogP contribution in [0.15, 0.2) is 0 Å². The van der Waals surface area contributed by atoms with Gasteiger partial charge in [0.05, 0.1) is 6.61 Å². The van der Waals surface area contributed by atoms with Crippen LogP contribution >= 0.6 is 0 Å². The largest absolute Gasteiger partial charge is 0.395 e. The van der Waals surface area contributed by atoms with Gasteiger partial charge in [0.1, 0.15) is 0 Å². The summed E-state index contributed by atoms with van der Waals surface area (Å²) in [6, 6.07) is 0. The van der Waals surface area contributed by atoms with Gasteiger partial charge in [-0.25, -0.2) is 0 Å². The molecule has 12 heavy (non-hydrogen) atoms. The van der Waals surface area contributed by atoms with Crippen LogP contribution in [0.3, 0.4) is 0 Å². The zero-order chi connectivity index (χ0) is 9.40. The quantitative estimate of drug-likeness (QED) is 0.510. The van der Waals surface area contributed by atoms with Crippen molar-refractivity contribution in [3.63, 3.8) is 0 Å². The molecule has 0 saturated carbocycles. The highest BCUT2D eigenvalue weighted by molar-refractivity contribution is 4.59. The molecule has 0 aromatic rings. The Balaban J connectivity index is 3.48. The van der Waals surface area contributed by atoms with Crippen molar-refractivity contribution < 1.29 is 5.11 Å². The molecule has 0 rings (SSSR count). The van der Waals surface area contributed by atoms with Crippen LogP contribution in [0.5, 0.6) is 0 Å². The molecule has 0 amide bonds. The van der Waals surface area contributed by atoms with Crippen molar-refractivity contribution in [2.75, 3.05) is 53.4 Å². The third-order valence-corrected chi connectivity index (χ3v) is 1.72. The van der Waals surface area contributed by atoms with E-state index in [1.165, 1.54) is 0 Å². The smallest absolute Gasteiger partial charge is 0.0558 e. The van der Waals surface area contributed by atoms with Crippen LogP contribution in [0, 0.1) is 0 Å². The lowest BCUT2D eigenvalue weighted by Gasteiger charge is -2.22. The highest BCUT2D eigenvalue weighted by atomic mass is 16.3. The lowest BCUT2D eigenvalue weighted by molar-refractivity contribution is 0.187. The Morgan fingerprint density at radius 2 is 1.75 bits per heavy atom. The van der Waals surface area contributed by atoms with Crippen LogP contribution in [0.2, 0.25) is 0 Å². The minimum absolute atomic E-state index is 0.216. The van der Waals surface area contributed by atoms with Gasteiger partial charge in [0, 0.05) is 32.7 Å². The number of aliphatic hydroxyl groups is 1. The Kier molecular flexibility index (Phi) is 7.39. The molecule has 0 aliphatic rings. The Morgan fingerprint density at radius 1 is 1.08 bits per heavy atom. The predicted molar refractivity (Wildman–Crippen MR) is 51.1 cm³/mol. The summed E-state index contributed by atoms with van der Waals surface area (Å²) in [5.41, 5.74) is 5.43. The van der Waals surface area contributed by atoms with Crippen molar-refractivity contribution in [3.8, 4) is 0 Å². The van der Waals surface area contributed by atoms with E-state index in [4.69, 9.17) is 10.8 Å². The molecular formula is C8H21N3O. The third-order valence-electron chi connectivity index (χ3n) is 1.72. The number of aliphatic hydroxyl groups excluding tert-OH is 1. The molecule has 4 nitrogen and oxygen atoms in total. The Morgan fingerprint density at radius 3 is 2.17 bits per heavy atom. The topological polar surface area (TPSA) is 52.7 Å². The normalized spacial score (nSPS) is 11.5. The summed E-state index contributed by atoms with van der Waals surface area (Å²) < 4.78 is 0. The molecule has 0 bridgehead atoms. The highest BCUT2D eigenvalue weighted by Gasteiger charge is 2.02. The van der Waals surface area contributed by atoms with E-state index in [1.54, 1.807) is 0 Å². The monoisotopic (exact) mass is 175 g/mol. The van der Waals surface area contributed by atoms with Gasteiger partial charge in [-0.1, -0.05) is 0 Å². The fourth-order valence-electron chi connectivity index (χ4n) is 1.00. The van der Waals surface area contributed by atoms with E-state index in [2.05, 4.69) is 9.80 Å². The van der Waals surface area contributed by atoms with Gasteiger partial charge in [-0.15, -0.1) is 0 Å². The Labute approximate surface area is 74.9 Å². The van der Waals surface area contributed by atoms with Gasteiger partial charge >= 0.3 is 0 Å². The molecule has 0 aliphatic carbocycles. The van der Waals surface area contributed by atoms with Gasteiger partial charge in [-0.05, 0) is 14.1 Å². The molecule has 0 aromatic carbocycles. The molecule has 0 radical (unpaired) electrons. The molecule has 0 spiro atoms. The summed E-state index contributed by atoms with van der Waals surface area (Å²) in [5, 5.41) is 8.73. The zero-order valence-electron chi connectivity index (χ0n) is 8.16. The predicted octanol–water partition coefficient (Wildman–Crippen LogP) is -1.20. The lowest BCUT2D eigenvalue weighted by atomic mass is 10.4. The maximum absolute atomic E-state index is 8.73. The van der Waals surface area contributed by atoms with Crippen molar-refractivity contribution in [1.29, 1.82) is 0 Å². The third kappa shape index (κ3) is 6.54. The molecule has 0 aromatic heterocycles. The van der Waals surface area contributed by atoms with Crippen LogP contribution in [-0.2, 0) is 0 Å². The number of rotatable bonds is 7. The summed E-state index contributed by atoms with van der Waals surface area (Å²) in [6.45, 7) is 4.46. The Bertz CT molecular complexity index is 92.3. The number of nitrogens with two attached hydrogens (primary N) is 1. The van der Waals surface area contributed by atoms with Gasteiger partial charge in [0.2, 0.25) is 0 Å². The summed E-state index contributed by atoms with van der Waals surface area (Å²) in [5.74, 6) is 0. The van der Waals surface area contributed by atoms with Crippen LogP contribution in [-0.4, -0.2) is 68.3 Å². The standard InChI is InChI=1S/C8H21N3O/c1-10(2)5-6-11(4-3-9)7-8-12/h12H,3-9H2,1-2H3. The molecule has 74 valence electrons. The van der Waals surface area contributed by atoms with Crippen molar-refractivity contribution in [1.82, 2.24) is 9.80 Å². The SMILES string of the molecule is CN(C)CCN(CCN)CCO. The number of hydrogen-bond donors (Lipinski definition) is 2. The van der Waals surface area contributed by atoms with Crippen molar-refractivity contribution in [3.05, 3.63) is 0 Å². The van der Waals surface area contributed by atoms with E-state index < -0.39 is 0 Å². The highest BCUT2D eigenvalue weighted by Crippen LogP contribution is 1.86. The van der Waals surface area contributed by atoms with Crippen molar-refractivity contribution in [2.24, 2.45) is 5.73 Å². The minimum atomic E-state index is 0.216. The van der Waals surface area contributed by atoms with E-state index in [-0.39, 0.29) is 6.61 Å². The van der Waals surface area contributed by atoms with Crippen molar-refractivity contribution in [2.45, 2.75) is 0 Å². The molecule has 0 unspecified atom stereocenters. The lowest BCUT2D eigenvalue weighted by Crippen LogP contribution is -2.37. The number of hydrogen-bond acceptors (Lipinski definition) is 4. The molecule has 4 heteroatoms. The zero-order valence-corrected chi connectivity index (χ0v) is 8.16. The van der Waals surface area contributed by atoms with Crippen LogP contribution < -0.4 is 5.73 Å². The first kappa shape index (κ1) is 11.8. The van der Waals surface area contributed by atoms with E-state index in [0.29, 0.717) is 6.54 Å². The van der Waals surface area contributed by atoms with E-state index >= 15 is 0 Å². The second kappa shape index (κ2) is 7.49. The van der Waals surface area contributed by atoms with Gasteiger partial charge in [-0.3, -0.25) is 4.90 Å². The molecule has 0 aliphatic heterocycles. The average molecular weight is 175 g/mol. The summed E-state index contributed by atoms with van der Waals surface area (Å²) in [4.78, 5) is 4.29. The molecule has 3 N–H and O–H groups in total. The molecule has 0 saturated heterocycles.